The third kappa shape index (κ3) is 1.96. The number of nitrogens with zero attached hydrogens (tertiary/aromatic N) is 1. The van der Waals surface area contributed by atoms with Crippen LogP contribution in [0.15, 0.2) is 0 Å². The summed E-state index contributed by atoms with van der Waals surface area (Å²) in [5.41, 5.74) is 5.26. The second kappa shape index (κ2) is 4.20. The maximum Gasteiger partial charge on any atom is 0.324 e. The lowest BCUT2D eigenvalue weighted by Crippen LogP contribution is -2.34. The number of hydrogen-bond donors (Lipinski definition) is 3. The van der Waals surface area contributed by atoms with E-state index in [4.69, 9.17) is 10.8 Å². The number of hydrogen-bond acceptors (Lipinski definition) is 4. The molecular formula is C7H13N3O3. The Hall–Kier alpha value is -1.14. The molecule has 0 bridgehead atoms. The van der Waals surface area contributed by atoms with E-state index in [2.05, 4.69) is 5.32 Å². The van der Waals surface area contributed by atoms with E-state index in [1.54, 1.807) is 0 Å². The molecule has 6 heteroatoms. The number of aliphatic hydroxyl groups is 1. The highest BCUT2D eigenvalue weighted by Crippen LogP contribution is 2.07. The van der Waals surface area contributed by atoms with Crippen LogP contribution in [-0.2, 0) is 4.79 Å². The van der Waals surface area contributed by atoms with Crippen molar-refractivity contribution in [2.24, 2.45) is 5.73 Å². The standard InChI is InChI=1S/C7H13N3O3/c8-2-1-5-6(12)10(3-4-11)7(13)9-5/h5,11H,1-4,8H2,(H,9,13). The van der Waals surface area contributed by atoms with Gasteiger partial charge in [0, 0.05) is 0 Å². The molecule has 6 nitrogen and oxygen atoms in total. The first-order valence-electron chi connectivity index (χ1n) is 4.13. The molecule has 1 heterocycles. The smallest absolute Gasteiger partial charge is 0.324 e. The van der Waals surface area contributed by atoms with Crippen LogP contribution in [0.4, 0.5) is 4.79 Å². The number of amides is 3. The van der Waals surface area contributed by atoms with E-state index in [-0.39, 0.29) is 19.1 Å². The Morgan fingerprint density at radius 1 is 1.54 bits per heavy atom. The fraction of sp³-hybridized carbons (Fsp3) is 0.714. The zero-order valence-corrected chi connectivity index (χ0v) is 7.19. The first-order chi connectivity index (χ1) is 6.20. The second-order valence-corrected chi connectivity index (χ2v) is 2.79. The Balaban J connectivity index is 2.58. The van der Waals surface area contributed by atoms with Crippen molar-refractivity contribution in [1.29, 1.82) is 0 Å². The molecule has 74 valence electrons. The first kappa shape index (κ1) is 9.94. The van der Waals surface area contributed by atoms with Gasteiger partial charge in [0.15, 0.2) is 0 Å². The van der Waals surface area contributed by atoms with Gasteiger partial charge in [-0.15, -0.1) is 0 Å². The summed E-state index contributed by atoms with van der Waals surface area (Å²) in [5, 5.41) is 11.1. The van der Waals surface area contributed by atoms with Crippen molar-refractivity contribution in [2.45, 2.75) is 12.5 Å². The van der Waals surface area contributed by atoms with Crippen molar-refractivity contribution in [1.82, 2.24) is 10.2 Å². The summed E-state index contributed by atoms with van der Waals surface area (Å²) in [4.78, 5) is 23.5. The maximum atomic E-state index is 11.4. The van der Waals surface area contributed by atoms with Crippen LogP contribution in [0.2, 0.25) is 0 Å². The van der Waals surface area contributed by atoms with Gasteiger partial charge in [0.1, 0.15) is 6.04 Å². The Morgan fingerprint density at radius 2 is 2.23 bits per heavy atom. The second-order valence-electron chi connectivity index (χ2n) is 2.79. The van der Waals surface area contributed by atoms with Gasteiger partial charge >= 0.3 is 6.03 Å². The minimum Gasteiger partial charge on any atom is -0.395 e. The number of nitrogens with two attached hydrogens (primary N) is 1. The molecule has 0 aromatic carbocycles. The molecule has 0 aromatic heterocycles. The summed E-state index contributed by atoms with van der Waals surface area (Å²) >= 11 is 0. The van der Waals surface area contributed by atoms with Crippen molar-refractivity contribution >= 4 is 11.9 Å². The molecular weight excluding hydrogens is 174 g/mol. The third-order valence-electron chi connectivity index (χ3n) is 1.89. The highest BCUT2D eigenvalue weighted by atomic mass is 16.3. The number of rotatable bonds is 4. The number of urea groups is 1. The van der Waals surface area contributed by atoms with Gasteiger partial charge in [0.2, 0.25) is 0 Å². The van der Waals surface area contributed by atoms with Gasteiger partial charge in [0.25, 0.3) is 5.91 Å². The zero-order chi connectivity index (χ0) is 9.84. The Morgan fingerprint density at radius 3 is 2.77 bits per heavy atom. The molecule has 13 heavy (non-hydrogen) atoms. The fourth-order valence-electron chi connectivity index (χ4n) is 1.25. The molecule has 1 fully saturated rings. The quantitative estimate of drug-likeness (QED) is 0.455. The van der Waals surface area contributed by atoms with Gasteiger partial charge < -0.3 is 16.2 Å². The first-order valence-corrected chi connectivity index (χ1v) is 4.13. The van der Waals surface area contributed by atoms with Crippen LogP contribution in [0.25, 0.3) is 0 Å². The number of imide groups is 1. The maximum absolute atomic E-state index is 11.4. The summed E-state index contributed by atoms with van der Waals surface area (Å²) in [6.45, 7) is 0.184. The molecule has 4 N–H and O–H groups in total. The van der Waals surface area contributed by atoms with Gasteiger partial charge in [0.05, 0.1) is 13.2 Å². The normalized spacial score (nSPS) is 22.3. The number of carbonyl (C=O) groups excluding carboxylic acids is 2. The average molecular weight is 187 g/mol. The monoisotopic (exact) mass is 187 g/mol. The van der Waals surface area contributed by atoms with Crippen LogP contribution in [0, 0.1) is 0 Å². The molecule has 1 atom stereocenters. The molecule has 1 saturated heterocycles. The summed E-state index contributed by atoms with van der Waals surface area (Å²) in [5.74, 6) is -0.301. The molecule has 3 amide bonds. The van der Waals surface area contributed by atoms with Gasteiger partial charge in [-0.25, -0.2) is 4.79 Å². The molecule has 0 aromatic rings. The number of β-amino-alcohol motifs (C(OH)–C–C–N with tert-alkyl or cyclic N) is 1. The van der Waals surface area contributed by atoms with Crippen molar-refractivity contribution in [3.8, 4) is 0 Å². The van der Waals surface area contributed by atoms with E-state index in [9.17, 15) is 9.59 Å². The minimum absolute atomic E-state index is 0.0474. The van der Waals surface area contributed by atoms with Crippen LogP contribution >= 0.6 is 0 Å². The van der Waals surface area contributed by atoms with Crippen LogP contribution in [0.3, 0.4) is 0 Å². The van der Waals surface area contributed by atoms with Gasteiger partial charge in [-0.1, -0.05) is 0 Å². The lowest BCUT2D eigenvalue weighted by atomic mass is 10.2. The van der Waals surface area contributed by atoms with Crippen LogP contribution < -0.4 is 11.1 Å². The number of nitrogens with one attached hydrogen (secondary N) is 1. The number of aliphatic hydroxyl groups excluding tert-OH is 1. The lowest BCUT2D eigenvalue weighted by Gasteiger charge is -2.09. The van der Waals surface area contributed by atoms with Gasteiger partial charge in [-0.2, -0.15) is 0 Å². The molecule has 1 unspecified atom stereocenters. The van der Waals surface area contributed by atoms with E-state index in [1.165, 1.54) is 0 Å². The highest BCUT2D eigenvalue weighted by Gasteiger charge is 2.36. The van der Waals surface area contributed by atoms with Crippen molar-refractivity contribution < 1.29 is 14.7 Å². The molecule has 1 aliphatic heterocycles. The summed E-state index contributed by atoms with van der Waals surface area (Å²) < 4.78 is 0. The Bertz CT molecular complexity index is 219. The molecule has 0 spiro atoms. The van der Waals surface area contributed by atoms with Crippen LogP contribution in [0.1, 0.15) is 6.42 Å². The molecule has 0 saturated carbocycles. The van der Waals surface area contributed by atoms with E-state index in [1.807, 2.05) is 0 Å². The highest BCUT2D eigenvalue weighted by molar-refractivity contribution is 6.04. The van der Waals surface area contributed by atoms with Crippen LogP contribution in [0.5, 0.6) is 0 Å². The van der Waals surface area contributed by atoms with E-state index in [0.717, 1.165) is 4.90 Å². The predicted molar refractivity (Wildman–Crippen MR) is 44.8 cm³/mol. The van der Waals surface area contributed by atoms with Crippen molar-refractivity contribution in [3.63, 3.8) is 0 Å². The SMILES string of the molecule is NCCC1NC(=O)N(CCO)C1=O. The van der Waals surface area contributed by atoms with Gasteiger partial charge in [-0.3, -0.25) is 9.69 Å². The molecule has 1 aliphatic rings. The summed E-state index contributed by atoms with van der Waals surface area (Å²) in [6, 6.07) is -0.957. The lowest BCUT2D eigenvalue weighted by molar-refractivity contribution is -0.127. The fourth-order valence-corrected chi connectivity index (χ4v) is 1.25. The summed E-state index contributed by atoms with van der Waals surface area (Å²) in [6.07, 6.45) is 0.437. The molecule has 0 radical (unpaired) electrons. The van der Waals surface area contributed by atoms with E-state index >= 15 is 0 Å². The molecule has 0 aliphatic carbocycles. The van der Waals surface area contributed by atoms with Crippen molar-refractivity contribution in [2.75, 3.05) is 19.7 Å². The molecule has 1 rings (SSSR count). The van der Waals surface area contributed by atoms with Gasteiger partial charge in [-0.05, 0) is 13.0 Å². The number of carbonyl (C=O) groups is 2. The Kier molecular flexibility index (Phi) is 3.21. The topological polar surface area (TPSA) is 95.7 Å². The average Bonchev–Trinajstić information content (AvgIpc) is 2.34. The van der Waals surface area contributed by atoms with Crippen LogP contribution in [-0.4, -0.2) is 47.7 Å². The van der Waals surface area contributed by atoms with Crippen molar-refractivity contribution in [3.05, 3.63) is 0 Å². The third-order valence-corrected chi connectivity index (χ3v) is 1.89. The minimum atomic E-state index is -0.510. The van der Waals surface area contributed by atoms with E-state index < -0.39 is 12.1 Å². The zero-order valence-electron chi connectivity index (χ0n) is 7.19. The van der Waals surface area contributed by atoms with E-state index in [0.29, 0.717) is 13.0 Å². The Labute approximate surface area is 75.7 Å². The largest absolute Gasteiger partial charge is 0.395 e. The summed E-state index contributed by atoms with van der Waals surface area (Å²) in [7, 11) is 0. The predicted octanol–water partition coefficient (Wildman–Crippen LogP) is -1.75.